The van der Waals surface area contributed by atoms with Gasteiger partial charge in [-0.3, -0.25) is 4.72 Å². The molecule has 0 saturated heterocycles. The summed E-state index contributed by atoms with van der Waals surface area (Å²) < 4.78 is 40.7. The standard InChI is InChI=1S/C11H9BrFNO2S2/c1-7-8(13)3-2-4-9(7)14-18(15,16)11-6-5-10(12)17-11/h2-6,14H,1H3. The molecule has 0 bridgehead atoms. The fourth-order valence-electron chi connectivity index (χ4n) is 1.36. The Morgan fingerprint density at radius 3 is 2.61 bits per heavy atom. The molecule has 0 saturated carbocycles. The van der Waals surface area contributed by atoms with E-state index in [-0.39, 0.29) is 15.5 Å². The minimum absolute atomic E-state index is 0.179. The first-order valence-electron chi connectivity index (χ1n) is 4.93. The molecule has 0 aliphatic carbocycles. The Balaban J connectivity index is 2.37. The van der Waals surface area contributed by atoms with Crippen molar-refractivity contribution >= 4 is 43.0 Å². The zero-order valence-electron chi connectivity index (χ0n) is 9.28. The third-order valence-electron chi connectivity index (χ3n) is 2.33. The average molecular weight is 350 g/mol. The fourth-order valence-corrected chi connectivity index (χ4v) is 4.49. The second kappa shape index (κ2) is 4.99. The van der Waals surface area contributed by atoms with Crippen molar-refractivity contribution in [2.75, 3.05) is 4.72 Å². The van der Waals surface area contributed by atoms with Crippen molar-refractivity contribution in [1.29, 1.82) is 0 Å². The van der Waals surface area contributed by atoms with Gasteiger partial charge in [-0.05, 0) is 47.1 Å². The summed E-state index contributed by atoms with van der Waals surface area (Å²) in [4.78, 5) is 0. The normalized spacial score (nSPS) is 11.5. The Morgan fingerprint density at radius 2 is 2.00 bits per heavy atom. The molecule has 1 N–H and O–H groups in total. The SMILES string of the molecule is Cc1c(F)cccc1NS(=O)(=O)c1ccc(Br)s1. The van der Waals surface area contributed by atoms with Crippen LogP contribution in [0.15, 0.2) is 38.3 Å². The van der Waals surface area contributed by atoms with Gasteiger partial charge in [0.1, 0.15) is 10.0 Å². The van der Waals surface area contributed by atoms with Gasteiger partial charge in [-0.15, -0.1) is 11.3 Å². The molecule has 0 aliphatic rings. The van der Waals surface area contributed by atoms with Gasteiger partial charge in [0.05, 0.1) is 9.47 Å². The molecule has 0 atom stereocenters. The summed E-state index contributed by atoms with van der Waals surface area (Å²) >= 11 is 4.30. The van der Waals surface area contributed by atoms with E-state index < -0.39 is 15.8 Å². The molecule has 1 aromatic heterocycles. The van der Waals surface area contributed by atoms with Crippen molar-refractivity contribution in [1.82, 2.24) is 0 Å². The lowest BCUT2D eigenvalue weighted by molar-refractivity contribution is 0.602. The number of sulfonamides is 1. The predicted molar refractivity (Wildman–Crippen MR) is 74.0 cm³/mol. The van der Waals surface area contributed by atoms with Gasteiger partial charge in [-0.25, -0.2) is 12.8 Å². The van der Waals surface area contributed by atoms with E-state index in [2.05, 4.69) is 20.7 Å². The third-order valence-corrected chi connectivity index (χ3v) is 5.81. The van der Waals surface area contributed by atoms with Crippen LogP contribution < -0.4 is 4.72 Å². The Kier molecular flexibility index (Phi) is 3.74. The molecule has 7 heteroatoms. The molecule has 0 fully saturated rings. The van der Waals surface area contributed by atoms with Crippen LogP contribution in [-0.2, 0) is 10.0 Å². The number of hydrogen-bond acceptors (Lipinski definition) is 3. The topological polar surface area (TPSA) is 46.2 Å². The fraction of sp³-hybridized carbons (Fsp3) is 0.0909. The maximum atomic E-state index is 13.3. The monoisotopic (exact) mass is 349 g/mol. The highest BCUT2D eigenvalue weighted by molar-refractivity contribution is 9.11. The Bertz CT molecular complexity index is 682. The molecule has 1 aromatic carbocycles. The highest BCUT2D eigenvalue weighted by atomic mass is 79.9. The smallest absolute Gasteiger partial charge is 0.271 e. The van der Waals surface area contributed by atoms with Gasteiger partial charge in [0.15, 0.2) is 0 Å². The van der Waals surface area contributed by atoms with Gasteiger partial charge in [-0.1, -0.05) is 6.07 Å². The highest BCUT2D eigenvalue weighted by Gasteiger charge is 2.18. The molecule has 0 amide bonds. The van der Waals surface area contributed by atoms with Crippen molar-refractivity contribution in [3.05, 3.63) is 45.5 Å². The van der Waals surface area contributed by atoms with E-state index in [0.29, 0.717) is 0 Å². The molecule has 18 heavy (non-hydrogen) atoms. The Hall–Kier alpha value is -0.920. The second-order valence-corrected chi connectivity index (χ2v) is 7.95. The molecule has 2 rings (SSSR count). The zero-order valence-corrected chi connectivity index (χ0v) is 12.5. The summed E-state index contributed by atoms with van der Waals surface area (Å²) in [6.45, 7) is 1.53. The average Bonchev–Trinajstić information content (AvgIpc) is 2.72. The van der Waals surface area contributed by atoms with Gasteiger partial charge in [0.25, 0.3) is 10.0 Å². The lowest BCUT2D eigenvalue weighted by atomic mass is 10.2. The number of nitrogens with one attached hydrogen (secondary N) is 1. The first kappa shape index (κ1) is 13.5. The second-order valence-electron chi connectivity index (χ2n) is 3.58. The van der Waals surface area contributed by atoms with Gasteiger partial charge in [-0.2, -0.15) is 0 Å². The van der Waals surface area contributed by atoms with Crippen LogP contribution in [0, 0.1) is 12.7 Å². The number of rotatable bonds is 3. The summed E-state index contributed by atoms with van der Waals surface area (Å²) in [5, 5.41) is 0. The van der Waals surface area contributed by atoms with Crippen molar-refractivity contribution in [3.63, 3.8) is 0 Å². The van der Waals surface area contributed by atoms with E-state index in [1.807, 2.05) is 0 Å². The summed E-state index contributed by atoms with van der Waals surface area (Å²) in [6, 6.07) is 7.42. The van der Waals surface area contributed by atoms with Crippen molar-refractivity contribution < 1.29 is 12.8 Å². The largest absolute Gasteiger partial charge is 0.279 e. The Labute approximate surface area is 117 Å². The maximum Gasteiger partial charge on any atom is 0.271 e. The van der Waals surface area contributed by atoms with Gasteiger partial charge < -0.3 is 0 Å². The first-order valence-corrected chi connectivity index (χ1v) is 8.03. The van der Waals surface area contributed by atoms with Crippen LogP contribution in [0.5, 0.6) is 0 Å². The molecule has 96 valence electrons. The molecular weight excluding hydrogens is 341 g/mol. The quantitative estimate of drug-likeness (QED) is 0.916. The number of anilines is 1. The van der Waals surface area contributed by atoms with Crippen molar-refractivity contribution in [2.24, 2.45) is 0 Å². The van der Waals surface area contributed by atoms with Crippen LogP contribution >= 0.6 is 27.3 Å². The zero-order chi connectivity index (χ0) is 13.3. The summed E-state index contributed by atoms with van der Waals surface area (Å²) in [7, 11) is -3.66. The van der Waals surface area contributed by atoms with E-state index >= 15 is 0 Å². The molecule has 0 spiro atoms. The maximum absolute atomic E-state index is 13.3. The Morgan fingerprint density at radius 1 is 1.28 bits per heavy atom. The summed E-state index contributed by atoms with van der Waals surface area (Å²) in [5.41, 5.74) is 0.524. The van der Waals surface area contributed by atoms with Crippen LogP contribution in [0.2, 0.25) is 0 Å². The van der Waals surface area contributed by atoms with Crippen LogP contribution in [0.3, 0.4) is 0 Å². The lowest BCUT2D eigenvalue weighted by Crippen LogP contribution is -2.12. The van der Waals surface area contributed by atoms with Gasteiger partial charge in [0, 0.05) is 5.56 Å². The highest BCUT2D eigenvalue weighted by Crippen LogP contribution is 2.28. The predicted octanol–water partition coefficient (Wildman–Crippen LogP) is 3.76. The number of halogens is 2. The first-order chi connectivity index (χ1) is 8.40. The number of benzene rings is 1. The molecule has 0 unspecified atom stereocenters. The molecule has 0 aliphatic heterocycles. The molecular formula is C11H9BrFNO2S2. The van der Waals surface area contributed by atoms with Gasteiger partial charge in [0.2, 0.25) is 0 Å². The van der Waals surface area contributed by atoms with E-state index in [4.69, 9.17) is 0 Å². The summed E-state index contributed by atoms with van der Waals surface area (Å²) in [6.07, 6.45) is 0. The van der Waals surface area contributed by atoms with Crippen molar-refractivity contribution in [2.45, 2.75) is 11.1 Å². The van der Waals surface area contributed by atoms with Crippen LogP contribution in [0.25, 0.3) is 0 Å². The summed E-state index contributed by atoms with van der Waals surface area (Å²) in [5.74, 6) is -0.442. The van der Waals surface area contributed by atoms with Crippen LogP contribution in [-0.4, -0.2) is 8.42 Å². The van der Waals surface area contributed by atoms with E-state index in [1.165, 1.54) is 31.2 Å². The number of hydrogen-bond donors (Lipinski definition) is 1. The lowest BCUT2D eigenvalue weighted by Gasteiger charge is -2.09. The number of thiophene rings is 1. The van der Waals surface area contributed by atoms with Crippen molar-refractivity contribution in [3.8, 4) is 0 Å². The van der Waals surface area contributed by atoms with Gasteiger partial charge >= 0.3 is 0 Å². The van der Waals surface area contributed by atoms with Crippen LogP contribution in [0.4, 0.5) is 10.1 Å². The molecule has 2 aromatic rings. The molecule has 1 heterocycles. The molecule has 3 nitrogen and oxygen atoms in total. The van der Waals surface area contributed by atoms with E-state index in [1.54, 1.807) is 6.07 Å². The molecule has 0 radical (unpaired) electrons. The third kappa shape index (κ3) is 2.73. The van der Waals surface area contributed by atoms with E-state index in [0.717, 1.165) is 15.1 Å². The minimum Gasteiger partial charge on any atom is -0.279 e. The minimum atomic E-state index is -3.66. The van der Waals surface area contributed by atoms with E-state index in [9.17, 15) is 12.8 Å². The van der Waals surface area contributed by atoms with Crippen LogP contribution in [0.1, 0.15) is 5.56 Å².